The van der Waals surface area contributed by atoms with Crippen molar-refractivity contribution in [2.75, 3.05) is 0 Å². The minimum Gasteiger partial charge on any atom is -0.395 e. The van der Waals surface area contributed by atoms with E-state index in [0.29, 0.717) is 11.5 Å². The largest absolute Gasteiger partial charge is 0.584 e. The van der Waals surface area contributed by atoms with Gasteiger partial charge in [-0.3, -0.25) is 4.89 Å². The second-order valence-electron chi connectivity index (χ2n) is 7.78. The minimum atomic E-state index is -4.23. The highest BCUT2D eigenvalue weighted by molar-refractivity contribution is 7.48. The van der Waals surface area contributed by atoms with Crippen molar-refractivity contribution in [3.8, 4) is 22.6 Å². The van der Waals surface area contributed by atoms with E-state index < -0.39 is 7.82 Å². The zero-order chi connectivity index (χ0) is 23.8. The van der Waals surface area contributed by atoms with Gasteiger partial charge >= 0.3 is 7.82 Å². The second-order valence-corrected chi connectivity index (χ2v) is 9.08. The van der Waals surface area contributed by atoms with Gasteiger partial charge in [0.25, 0.3) is 0 Å². The van der Waals surface area contributed by atoms with Crippen molar-refractivity contribution in [2.45, 2.75) is 27.7 Å². The number of phosphoric ester groups is 1. The molecule has 0 unspecified atom stereocenters. The Morgan fingerprint density at radius 1 is 0.545 bits per heavy atom. The van der Waals surface area contributed by atoms with Gasteiger partial charge in [-0.15, -0.1) is 0 Å². The van der Waals surface area contributed by atoms with Crippen molar-refractivity contribution < 1.29 is 18.5 Å². The van der Waals surface area contributed by atoms with E-state index in [4.69, 9.17) is 9.05 Å². The summed E-state index contributed by atoms with van der Waals surface area (Å²) in [5, 5.41) is 0. The van der Waals surface area contributed by atoms with Gasteiger partial charge in [-0.1, -0.05) is 84.9 Å². The lowest BCUT2D eigenvalue weighted by molar-refractivity contribution is 0.289. The second kappa shape index (κ2) is 11.0. The number of benzene rings is 4. The van der Waals surface area contributed by atoms with Crippen LogP contribution < -0.4 is 9.05 Å². The third kappa shape index (κ3) is 6.82. The van der Waals surface area contributed by atoms with Crippen molar-refractivity contribution in [3.05, 3.63) is 119 Å². The Bertz CT molecular complexity index is 1140. The highest BCUT2D eigenvalue weighted by atomic mass is 31.2. The average molecular weight is 461 g/mol. The van der Waals surface area contributed by atoms with Gasteiger partial charge in [-0.25, -0.2) is 4.57 Å². The standard InChI is InChI=1S/C16H19O4P.C12H10/c1-11-7-5-9-15(13(11)3)19-21(17,18)20-16-10-6-8-12(2)14(16)4;1-3-7-11(8-4-1)12-9-5-2-6-10-12/h5-10H,1-4H3,(H,17,18);1-10H. The van der Waals surface area contributed by atoms with Gasteiger partial charge in [0.2, 0.25) is 0 Å². The third-order valence-electron chi connectivity index (χ3n) is 5.42. The maximum Gasteiger partial charge on any atom is 0.584 e. The van der Waals surface area contributed by atoms with Crippen molar-refractivity contribution in [1.29, 1.82) is 0 Å². The van der Waals surface area contributed by atoms with Crippen LogP contribution in [0.5, 0.6) is 11.5 Å². The minimum absolute atomic E-state index is 0.353. The Balaban J connectivity index is 0.000000215. The predicted octanol–water partition coefficient (Wildman–Crippen LogP) is 7.83. The van der Waals surface area contributed by atoms with E-state index in [9.17, 15) is 9.46 Å². The molecule has 0 bridgehead atoms. The summed E-state index contributed by atoms with van der Waals surface area (Å²) in [6.45, 7) is 7.50. The van der Waals surface area contributed by atoms with Gasteiger partial charge in [0, 0.05) is 0 Å². The van der Waals surface area contributed by atoms with Crippen LogP contribution in [0.1, 0.15) is 22.3 Å². The summed E-state index contributed by atoms with van der Waals surface area (Å²) >= 11 is 0. The molecule has 1 N–H and O–H groups in total. The van der Waals surface area contributed by atoms with Crippen molar-refractivity contribution in [1.82, 2.24) is 0 Å². The van der Waals surface area contributed by atoms with Crippen LogP contribution in [0.2, 0.25) is 0 Å². The molecule has 4 rings (SSSR count). The van der Waals surface area contributed by atoms with E-state index in [2.05, 4.69) is 48.5 Å². The normalized spacial score (nSPS) is 10.7. The van der Waals surface area contributed by atoms with Gasteiger partial charge in [0.05, 0.1) is 0 Å². The number of rotatable bonds is 5. The molecule has 33 heavy (non-hydrogen) atoms. The van der Waals surface area contributed by atoms with Gasteiger partial charge in [-0.2, -0.15) is 0 Å². The molecule has 4 aromatic carbocycles. The first-order chi connectivity index (χ1) is 15.8. The lowest BCUT2D eigenvalue weighted by Crippen LogP contribution is -2.02. The maximum absolute atomic E-state index is 12.2. The smallest absolute Gasteiger partial charge is 0.395 e. The molecule has 0 spiro atoms. The van der Waals surface area contributed by atoms with Crippen LogP contribution >= 0.6 is 7.82 Å². The van der Waals surface area contributed by atoms with E-state index >= 15 is 0 Å². The van der Waals surface area contributed by atoms with E-state index in [1.165, 1.54) is 11.1 Å². The van der Waals surface area contributed by atoms with E-state index in [1.54, 1.807) is 24.3 Å². The van der Waals surface area contributed by atoms with E-state index in [0.717, 1.165) is 22.3 Å². The predicted molar refractivity (Wildman–Crippen MR) is 135 cm³/mol. The summed E-state index contributed by atoms with van der Waals surface area (Å²) in [4.78, 5) is 9.96. The first kappa shape index (κ1) is 24.3. The molecule has 0 aliphatic carbocycles. The van der Waals surface area contributed by atoms with Gasteiger partial charge < -0.3 is 9.05 Å². The van der Waals surface area contributed by atoms with Crippen LogP contribution in [0.4, 0.5) is 0 Å². The van der Waals surface area contributed by atoms with E-state index in [-0.39, 0.29) is 0 Å². The summed E-state index contributed by atoms with van der Waals surface area (Å²) in [6, 6.07) is 31.5. The maximum atomic E-state index is 12.2. The molecule has 0 amide bonds. The van der Waals surface area contributed by atoms with E-state index in [1.807, 2.05) is 52.0 Å². The van der Waals surface area contributed by atoms with Crippen LogP contribution in [-0.2, 0) is 4.57 Å². The van der Waals surface area contributed by atoms with Crippen molar-refractivity contribution >= 4 is 7.82 Å². The number of hydrogen-bond acceptors (Lipinski definition) is 3. The first-order valence-electron chi connectivity index (χ1n) is 10.7. The van der Waals surface area contributed by atoms with Crippen molar-refractivity contribution in [2.24, 2.45) is 0 Å². The molecule has 170 valence electrons. The Kier molecular flexibility index (Phi) is 8.11. The molecule has 0 radical (unpaired) electrons. The number of phosphoric acid groups is 1. The van der Waals surface area contributed by atoms with Crippen LogP contribution in [0.3, 0.4) is 0 Å². The summed E-state index contributed by atoms with van der Waals surface area (Å²) in [5.74, 6) is 0.706. The molecule has 0 aliphatic rings. The van der Waals surface area contributed by atoms with Crippen molar-refractivity contribution in [3.63, 3.8) is 0 Å². The highest BCUT2D eigenvalue weighted by Crippen LogP contribution is 2.46. The topological polar surface area (TPSA) is 55.8 Å². The molecule has 0 aromatic heterocycles. The third-order valence-corrected chi connectivity index (χ3v) is 6.27. The SMILES string of the molecule is Cc1cccc(OP(=O)(O)Oc2cccc(C)c2C)c1C.c1ccc(-c2ccccc2)cc1. The molecule has 0 saturated carbocycles. The van der Waals surface area contributed by atoms with Crippen LogP contribution in [0.25, 0.3) is 11.1 Å². The fourth-order valence-corrected chi connectivity index (χ4v) is 4.10. The molecule has 0 saturated heterocycles. The Morgan fingerprint density at radius 3 is 1.27 bits per heavy atom. The van der Waals surface area contributed by atoms with Crippen LogP contribution in [0.15, 0.2) is 97.1 Å². The quantitative estimate of drug-likeness (QED) is 0.308. The molecule has 4 nitrogen and oxygen atoms in total. The average Bonchev–Trinajstić information content (AvgIpc) is 2.81. The van der Waals surface area contributed by atoms with Crippen LogP contribution in [-0.4, -0.2) is 4.89 Å². The number of hydrogen-bond donors (Lipinski definition) is 1. The van der Waals surface area contributed by atoms with Gasteiger partial charge in [0.15, 0.2) is 0 Å². The lowest BCUT2D eigenvalue weighted by Gasteiger charge is -2.17. The molecule has 0 heterocycles. The fourth-order valence-electron chi connectivity index (χ4n) is 3.17. The number of aryl methyl sites for hydroxylation is 2. The Hall–Kier alpha value is -3.33. The molecule has 0 aliphatic heterocycles. The Morgan fingerprint density at radius 2 is 0.909 bits per heavy atom. The van der Waals surface area contributed by atoms with Gasteiger partial charge in [0.1, 0.15) is 11.5 Å². The lowest BCUT2D eigenvalue weighted by atomic mass is 10.1. The zero-order valence-corrected chi connectivity index (χ0v) is 20.3. The summed E-state index contributed by atoms with van der Waals surface area (Å²) < 4.78 is 22.6. The highest BCUT2D eigenvalue weighted by Gasteiger charge is 2.27. The summed E-state index contributed by atoms with van der Waals surface area (Å²) in [5.41, 5.74) is 6.15. The van der Waals surface area contributed by atoms with Gasteiger partial charge in [-0.05, 0) is 73.2 Å². The molecule has 5 heteroatoms. The Labute approximate surface area is 196 Å². The zero-order valence-electron chi connectivity index (χ0n) is 19.4. The molecular weight excluding hydrogens is 431 g/mol. The monoisotopic (exact) mass is 460 g/mol. The fraction of sp³-hybridized carbons (Fsp3) is 0.143. The summed E-state index contributed by atoms with van der Waals surface area (Å²) in [6.07, 6.45) is 0. The molecule has 0 atom stereocenters. The first-order valence-corrected chi connectivity index (χ1v) is 12.2. The molecule has 0 fully saturated rings. The van der Waals surface area contributed by atoms with Crippen LogP contribution in [0, 0.1) is 27.7 Å². The summed E-state index contributed by atoms with van der Waals surface area (Å²) in [7, 11) is -4.23. The molecular formula is C28H29O4P. The molecule has 4 aromatic rings.